The Morgan fingerprint density at radius 1 is 0.404 bits per heavy atom. The van der Waals surface area contributed by atoms with Gasteiger partial charge in [-0.3, -0.25) is 24.7 Å². The van der Waals surface area contributed by atoms with Gasteiger partial charge in [0.05, 0.1) is 71.8 Å². The maximum Gasteiger partial charge on any atom is 0.222 e. The lowest BCUT2D eigenvalue weighted by Crippen LogP contribution is -2.11. The third-order valence-corrected chi connectivity index (χ3v) is 28.7. The summed E-state index contributed by atoms with van der Waals surface area (Å²) < 4.78 is 52.6. The molecule has 0 bridgehead atoms. The summed E-state index contributed by atoms with van der Waals surface area (Å²) in [6.45, 7) is 3.33. The van der Waals surface area contributed by atoms with Crippen molar-refractivity contribution in [2.45, 2.75) is 63.6 Å². The quantitative estimate of drug-likeness (QED) is 0.0295. The molecule has 136 heavy (non-hydrogen) atoms. The topological polar surface area (TPSA) is 350 Å². The number of amides is 1. The molecule has 0 fully saturated rings. The standard InChI is InChI=1S/C21H18ClN5OS.C20H15ClFN3O2S.C20H16ClN3O2S.C20H16FN3OS.C19H13ClFN3OS/c1-12(28)27-18-10-14(6-7-24-18)17-11-16(20(29-17)21-25-8-9-26-21)19(23)13-2-4-15(22)5-3-13;1-27-16-8-12(15(22)10-14(16)21)18(26)13-9-17(11-2-4-23-5-3-11)28-19(13)20-24-6-7-25-20;1-26-17-3-2-13(10-15(17)21)19(25)14-11-18(12-4-7-22-8-5-12)27-20(14)16-6-9-23-24-16;1-12-2-3-16(21)14(10-12)19(25)15-11-18(13-4-7-22-8-5-13)26-20(15)17-6-9-23-24-17;20-15-9-12(21)1-2-13(15)18(25)14-10-17(11-3-6-22-7-4-11)26-19(14)16-5-8-23-24-16/h2-11,19H,23H2,1H3,(H,25,26)(H,24,27,28);2-10,18,26H,1H3,(H,24,25);2-5,7-11,19,25H,6H2,1H3;2-5,7-11,19,25H,6H2,1H3;1-4,6-10,18,25H,5H2. The lowest BCUT2D eigenvalue weighted by molar-refractivity contribution is -0.114. The highest BCUT2D eigenvalue weighted by atomic mass is 35.5. The number of hydrogen-bond donors (Lipinski definition) is 8. The van der Waals surface area contributed by atoms with Crippen molar-refractivity contribution in [3.8, 4) is 85.1 Å². The summed E-state index contributed by atoms with van der Waals surface area (Å²) in [5, 5.41) is 72.6. The van der Waals surface area contributed by atoms with E-state index in [0.29, 0.717) is 80.3 Å². The molecule has 36 heteroatoms. The molecule has 20 rings (SSSR count). The van der Waals surface area contributed by atoms with Gasteiger partial charge < -0.3 is 50.9 Å². The first-order valence-corrected chi connectivity index (χ1v) is 47.2. The van der Waals surface area contributed by atoms with Gasteiger partial charge in [0.25, 0.3) is 0 Å². The van der Waals surface area contributed by atoms with Gasteiger partial charge in [-0.1, -0.05) is 88.4 Å². The number of carbonyl (C=O) groups is 1. The van der Waals surface area contributed by atoms with E-state index in [1.54, 1.807) is 153 Å². The molecule has 684 valence electrons. The number of ether oxygens (including phenoxy) is 2. The van der Waals surface area contributed by atoms with Crippen molar-refractivity contribution in [2.75, 3.05) is 19.5 Å². The SMILES string of the molecule is CC(=O)Nc1cc(-c2cc(C(N)c3ccc(Cl)cc3)c(-c3ncc[nH]3)s2)ccn1.COc1cc(C(O)c2cc(-c3ccncc3)sc2-c2ncc[nH]2)c(F)cc1Cl.COc1ccc(C(O)c2cc(-c3ccncc3)sc2C2=NN=CC2)cc1Cl.Cc1ccc(F)c(C(O)c2cc(-c3ccncc3)sc2C2=NN=CC2)c1.OC(c1ccc(F)cc1Cl)c1cc(-c2ccncc2)sc1C1=NN=CC1. The second kappa shape index (κ2) is 44.4. The van der Waals surface area contributed by atoms with Gasteiger partial charge in [-0.05, 0) is 197 Å². The molecule has 3 aliphatic heterocycles. The number of aromatic nitrogens is 9. The number of aryl methyl sites for hydroxylation is 1. The maximum atomic E-state index is 14.6. The Bertz CT molecular complexity index is 7300. The first-order chi connectivity index (χ1) is 66.0. The molecular weight excluding hydrogens is 1910 g/mol. The van der Waals surface area contributed by atoms with E-state index in [9.17, 15) is 38.4 Å². The van der Waals surface area contributed by atoms with Gasteiger partial charge in [-0.25, -0.2) is 28.1 Å². The minimum Gasteiger partial charge on any atom is -0.495 e. The number of aromatic amines is 2. The van der Waals surface area contributed by atoms with Gasteiger partial charge in [-0.2, -0.15) is 30.6 Å². The second-order valence-corrected chi connectivity index (χ2v) is 37.2. The fraction of sp³-hybridized carbons (Fsp3) is 0.120. The van der Waals surface area contributed by atoms with Crippen LogP contribution in [0.1, 0.15) is 132 Å². The molecule has 9 N–H and O–H groups in total. The second-order valence-electron chi connectivity index (χ2n) is 30.3. The summed E-state index contributed by atoms with van der Waals surface area (Å²) in [4.78, 5) is 55.8. The van der Waals surface area contributed by atoms with E-state index in [-0.39, 0.29) is 33.1 Å². The lowest BCUT2D eigenvalue weighted by atomic mass is 9.97. The predicted octanol–water partition coefficient (Wildman–Crippen LogP) is 24.1. The fourth-order valence-corrected chi connectivity index (χ4v) is 21.4. The molecule has 5 atom stereocenters. The zero-order chi connectivity index (χ0) is 95.0. The largest absolute Gasteiger partial charge is 0.495 e. The molecule has 24 nitrogen and oxygen atoms in total. The van der Waals surface area contributed by atoms with Gasteiger partial charge in [-0.15, -0.1) is 56.7 Å². The number of rotatable bonds is 23. The number of methoxy groups -OCH3 is 2. The average Bonchev–Trinajstić information content (AvgIpc) is 1.67. The summed E-state index contributed by atoms with van der Waals surface area (Å²) in [5.41, 5.74) is 20.9. The third-order valence-electron chi connectivity index (χ3n) is 21.4. The number of benzene rings is 5. The van der Waals surface area contributed by atoms with Crippen LogP contribution in [-0.4, -0.2) is 121 Å². The monoisotopic (exact) mass is 1990 g/mol. The number of imidazole rings is 2. The van der Waals surface area contributed by atoms with Crippen molar-refractivity contribution in [3.63, 3.8) is 0 Å². The number of halogens is 7. The molecule has 3 aliphatic rings. The molecule has 12 aromatic heterocycles. The van der Waals surface area contributed by atoms with Gasteiger partial charge in [0.2, 0.25) is 5.91 Å². The Balaban J connectivity index is 0.000000123. The number of anilines is 1. The van der Waals surface area contributed by atoms with Crippen LogP contribution in [0.2, 0.25) is 20.1 Å². The first kappa shape index (κ1) is 95.8. The van der Waals surface area contributed by atoms with Crippen LogP contribution in [0.3, 0.4) is 0 Å². The van der Waals surface area contributed by atoms with Gasteiger partial charge in [0.1, 0.15) is 70.8 Å². The minimum atomic E-state index is -1.22. The molecule has 0 saturated heterocycles. The van der Waals surface area contributed by atoms with Gasteiger partial charge in [0.15, 0.2) is 0 Å². The molecular formula is C100H78Cl4F3N17O7S5. The third kappa shape index (κ3) is 22.6. The van der Waals surface area contributed by atoms with E-state index >= 15 is 0 Å². The van der Waals surface area contributed by atoms with Crippen molar-refractivity contribution >= 4 is 151 Å². The summed E-state index contributed by atoms with van der Waals surface area (Å²) in [6.07, 6.45) is 25.2. The highest BCUT2D eigenvalue weighted by Crippen LogP contribution is 2.48. The molecule has 0 radical (unpaired) electrons. The van der Waals surface area contributed by atoms with Crippen molar-refractivity contribution in [2.24, 2.45) is 36.3 Å². The number of aliphatic hydroxyl groups is 4. The molecule has 1 amide bonds. The number of H-pyrrole nitrogens is 2. The van der Waals surface area contributed by atoms with Crippen molar-refractivity contribution in [1.82, 2.24) is 44.9 Å². The van der Waals surface area contributed by atoms with E-state index in [1.807, 2.05) is 122 Å². The maximum absolute atomic E-state index is 14.6. The van der Waals surface area contributed by atoms with Crippen LogP contribution in [0.15, 0.2) is 293 Å². The molecule has 15 heterocycles. The van der Waals surface area contributed by atoms with Crippen molar-refractivity contribution in [3.05, 3.63) is 376 Å². The smallest absolute Gasteiger partial charge is 0.222 e. The zero-order valence-corrected chi connectivity index (χ0v) is 79.3. The van der Waals surface area contributed by atoms with E-state index < -0.39 is 41.9 Å². The molecule has 0 spiro atoms. The number of carbonyl (C=O) groups excluding carboxylic acids is 1. The number of nitrogens with two attached hydrogens (primary N) is 1. The number of pyridine rings is 5. The summed E-state index contributed by atoms with van der Waals surface area (Å²) >= 11 is 32.1. The van der Waals surface area contributed by atoms with Crippen LogP contribution in [0, 0.1) is 24.4 Å². The highest BCUT2D eigenvalue weighted by Gasteiger charge is 2.31. The van der Waals surface area contributed by atoms with Crippen LogP contribution < -0.4 is 20.5 Å². The number of nitrogens with one attached hydrogen (secondary N) is 3. The van der Waals surface area contributed by atoms with Crippen LogP contribution in [0.5, 0.6) is 11.5 Å². The molecule has 5 aromatic carbocycles. The summed E-state index contributed by atoms with van der Waals surface area (Å²) in [5.74, 6) is 1.09. The Morgan fingerprint density at radius 2 is 0.824 bits per heavy atom. The van der Waals surface area contributed by atoms with Crippen molar-refractivity contribution in [1.29, 1.82) is 0 Å². The average molecular weight is 1990 g/mol. The zero-order valence-electron chi connectivity index (χ0n) is 72.2. The number of hydrogen-bond acceptors (Lipinski definition) is 26. The van der Waals surface area contributed by atoms with Crippen LogP contribution in [-0.2, 0) is 4.79 Å². The minimum absolute atomic E-state index is 0.0770. The Morgan fingerprint density at radius 3 is 1.26 bits per heavy atom. The Kier molecular flexibility index (Phi) is 31.3. The first-order valence-electron chi connectivity index (χ1n) is 41.6. The van der Waals surface area contributed by atoms with Gasteiger partial charge >= 0.3 is 0 Å². The number of nitrogens with zero attached hydrogens (tertiary/aromatic N) is 13. The van der Waals surface area contributed by atoms with E-state index in [1.165, 1.54) is 78.4 Å². The fourth-order valence-electron chi connectivity index (χ4n) is 14.6. The summed E-state index contributed by atoms with van der Waals surface area (Å²) in [6, 6.07) is 52.5. The lowest BCUT2D eigenvalue weighted by Gasteiger charge is -2.14. The normalized spacial score (nSPS) is 13.4. The van der Waals surface area contributed by atoms with E-state index in [2.05, 4.69) is 86.8 Å². The van der Waals surface area contributed by atoms with Crippen molar-refractivity contribution < 1.29 is 47.9 Å². The Labute approximate surface area is 817 Å². The van der Waals surface area contributed by atoms with Crippen LogP contribution in [0.4, 0.5) is 19.0 Å². The molecule has 0 saturated carbocycles. The molecule has 5 unspecified atom stereocenters. The van der Waals surface area contributed by atoms with Crippen LogP contribution >= 0.6 is 103 Å². The van der Waals surface area contributed by atoms with E-state index in [0.717, 1.165) is 128 Å². The van der Waals surface area contributed by atoms with Gasteiger partial charge in [0, 0.05) is 199 Å². The molecule has 0 aliphatic carbocycles. The Hall–Kier alpha value is -13.4. The predicted molar refractivity (Wildman–Crippen MR) is 538 cm³/mol. The molecule has 17 aromatic rings. The number of thiophene rings is 5. The van der Waals surface area contributed by atoms with E-state index in [4.69, 9.17) is 61.6 Å². The highest BCUT2D eigenvalue weighted by molar-refractivity contribution is 7.20. The summed E-state index contributed by atoms with van der Waals surface area (Å²) in [7, 11) is 3.00. The van der Waals surface area contributed by atoms with Crippen LogP contribution in [0.25, 0.3) is 73.6 Å². The number of aliphatic hydroxyl groups excluding tert-OH is 4.